The van der Waals surface area contributed by atoms with Crippen LogP contribution in [0.3, 0.4) is 0 Å². The maximum atomic E-state index is 5.97. The number of benzene rings is 1. The van der Waals surface area contributed by atoms with Crippen LogP contribution in [0.1, 0.15) is 17.0 Å². The molecule has 0 radical (unpaired) electrons. The molecule has 0 N–H and O–H groups in total. The van der Waals surface area contributed by atoms with Gasteiger partial charge in [0, 0.05) is 0 Å². The Labute approximate surface area is 106 Å². The molecule has 1 heterocycles. The number of aryl methyl sites for hydroxylation is 1. The SMILES string of the molecule is C=CCc1cccc(Cn2nc(C)nc2Cl)c1. The molecule has 0 fully saturated rings. The third-order valence-corrected chi connectivity index (χ3v) is 2.72. The van der Waals surface area contributed by atoms with Gasteiger partial charge >= 0.3 is 0 Å². The fourth-order valence-corrected chi connectivity index (χ4v) is 1.94. The number of hydrogen-bond donors (Lipinski definition) is 0. The van der Waals surface area contributed by atoms with Gasteiger partial charge in [-0.05, 0) is 36.1 Å². The van der Waals surface area contributed by atoms with E-state index in [-0.39, 0.29) is 0 Å². The summed E-state index contributed by atoms with van der Waals surface area (Å²) in [6.07, 6.45) is 2.77. The van der Waals surface area contributed by atoms with Crippen LogP contribution in [0.5, 0.6) is 0 Å². The highest BCUT2D eigenvalue weighted by atomic mass is 35.5. The van der Waals surface area contributed by atoms with E-state index in [1.54, 1.807) is 4.68 Å². The molecule has 0 aliphatic heterocycles. The van der Waals surface area contributed by atoms with Gasteiger partial charge in [0.15, 0.2) is 0 Å². The van der Waals surface area contributed by atoms with E-state index in [0.29, 0.717) is 17.7 Å². The molecule has 17 heavy (non-hydrogen) atoms. The molecule has 0 amide bonds. The van der Waals surface area contributed by atoms with Crippen molar-refractivity contribution in [3.05, 3.63) is 59.2 Å². The number of nitrogens with zero attached hydrogens (tertiary/aromatic N) is 3. The monoisotopic (exact) mass is 247 g/mol. The molecule has 4 heteroatoms. The Balaban J connectivity index is 2.20. The van der Waals surface area contributed by atoms with Crippen molar-refractivity contribution in [2.45, 2.75) is 19.9 Å². The summed E-state index contributed by atoms with van der Waals surface area (Å²) in [6.45, 7) is 6.21. The zero-order valence-corrected chi connectivity index (χ0v) is 10.5. The van der Waals surface area contributed by atoms with Crippen LogP contribution in [0.15, 0.2) is 36.9 Å². The van der Waals surface area contributed by atoms with E-state index in [1.165, 1.54) is 5.56 Å². The van der Waals surface area contributed by atoms with E-state index in [0.717, 1.165) is 12.0 Å². The van der Waals surface area contributed by atoms with Crippen LogP contribution in [0.25, 0.3) is 0 Å². The van der Waals surface area contributed by atoms with Gasteiger partial charge in [0.2, 0.25) is 5.28 Å². The maximum Gasteiger partial charge on any atom is 0.221 e. The standard InChI is InChI=1S/C13H14ClN3/c1-3-5-11-6-4-7-12(8-11)9-17-13(14)15-10(2)16-17/h3-4,6-8H,1,5,9H2,2H3. The van der Waals surface area contributed by atoms with Crippen molar-refractivity contribution in [1.82, 2.24) is 14.8 Å². The van der Waals surface area contributed by atoms with Gasteiger partial charge in [-0.2, -0.15) is 5.10 Å². The molecule has 2 aromatic rings. The largest absolute Gasteiger partial charge is 0.232 e. The van der Waals surface area contributed by atoms with Crippen LogP contribution in [-0.2, 0) is 13.0 Å². The van der Waals surface area contributed by atoms with Crippen molar-refractivity contribution >= 4 is 11.6 Å². The molecular weight excluding hydrogens is 234 g/mol. The van der Waals surface area contributed by atoms with Gasteiger partial charge in [0.1, 0.15) is 5.82 Å². The van der Waals surface area contributed by atoms with Crippen molar-refractivity contribution < 1.29 is 0 Å². The first-order chi connectivity index (χ1) is 8.19. The van der Waals surface area contributed by atoms with Crippen molar-refractivity contribution in [3.63, 3.8) is 0 Å². The van der Waals surface area contributed by atoms with Crippen LogP contribution in [0.4, 0.5) is 0 Å². The van der Waals surface area contributed by atoms with Gasteiger partial charge in [-0.1, -0.05) is 30.3 Å². The summed E-state index contributed by atoms with van der Waals surface area (Å²) >= 11 is 5.97. The highest BCUT2D eigenvalue weighted by Crippen LogP contribution is 2.11. The smallest absolute Gasteiger partial charge is 0.221 e. The Morgan fingerprint density at radius 3 is 2.82 bits per heavy atom. The van der Waals surface area contributed by atoms with E-state index in [1.807, 2.05) is 19.1 Å². The predicted molar refractivity (Wildman–Crippen MR) is 69.2 cm³/mol. The number of halogens is 1. The predicted octanol–water partition coefficient (Wildman–Crippen LogP) is 3.02. The molecule has 0 unspecified atom stereocenters. The second-order valence-electron chi connectivity index (χ2n) is 3.90. The highest BCUT2D eigenvalue weighted by Gasteiger charge is 2.05. The molecule has 1 aromatic heterocycles. The Hall–Kier alpha value is -1.61. The van der Waals surface area contributed by atoms with Crippen LogP contribution in [-0.4, -0.2) is 14.8 Å². The normalized spacial score (nSPS) is 10.5. The summed E-state index contributed by atoms with van der Waals surface area (Å²) in [7, 11) is 0. The van der Waals surface area contributed by atoms with Gasteiger partial charge in [0.25, 0.3) is 0 Å². The van der Waals surface area contributed by atoms with Crippen LogP contribution < -0.4 is 0 Å². The molecule has 3 nitrogen and oxygen atoms in total. The van der Waals surface area contributed by atoms with Gasteiger partial charge in [-0.3, -0.25) is 0 Å². The second kappa shape index (κ2) is 5.15. The molecule has 88 valence electrons. The van der Waals surface area contributed by atoms with E-state index in [2.05, 4.69) is 34.9 Å². The first-order valence-electron chi connectivity index (χ1n) is 5.44. The van der Waals surface area contributed by atoms with Crippen LogP contribution in [0.2, 0.25) is 5.28 Å². The Morgan fingerprint density at radius 2 is 2.18 bits per heavy atom. The summed E-state index contributed by atoms with van der Waals surface area (Å²) in [4.78, 5) is 4.07. The van der Waals surface area contributed by atoms with Gasteiger partial charge in [-0.25, -0.2) is 9.67 Å². The van der Waals surface area contributed by atoms with E-state index in [9.17, 15) is 0 Å². The van der Waals surface area contributed by atoms with Crippen molar-refractivity contribution in [2.75, 3.05) is 0 Å². The number of hydrogen-bond acceptors (Lipinski definition) is 2. The molecule has 0 bridgehead atoms. The lowest BCUT2D eigenvalue weighted by Crippen LogP contribution is -2.02. The van der Waals surface area contributed by atoms with Crippen LogP contribution in [0, 0.1) is 6.92 Å². The van der Waals surface area contributed by atoms with E-state index < -0.39 is 0 Å². The van der Waals surface area contributed by atoms with Crippen molar-refractivity contribution in [2.24, 2.45) is 0 Å². The maximum absolute atomic E-state index is 5.97. The third-order valence-electron chi connectivity index (χ3n) is 2.44. The van der Waals surface area contributed by atoms with Gasteiger partial charge in [-0.15, -0.1) is 6.58 Å². The lowest BCUT2D eigenvalue weighted by molar-refractivity contribution is 0.679. The summed E-state index contributed by atoms with van der Waals surface area (Å²) in [5.41, 5.74) is 2.40. The molecule has 0 saturated carbocycles. The van der Waals surface area contributed by atoms with Gasteiger partial charge in [0.05, 0.1) is 6.54 Å². The summed E-state index contributed by atoms with van der Waals surface area (Å²) in [5.74, 6) is 0.692. The zero-order valence-electron chi connectivity index (χ0n) is 9.73. The summed E-state index contributed by atoms with van der Waals surface area (Å²) in [6, 6.07) is 8.31. The average Bonchev–Trinajstić information content (AvgIpc) is 2.58. The zero-order chi connectivity index (χ0) is 12.3. The average molecular weight is 248 g/mol. The minimum atomic E-state index is 0.427. The van der Waals surface area contributed by atoms with E-state index in [4.69, 9.17) is 11.6 Å². The van der Waals surface area contributed by atoms with Crippen molar-refractivity contribution in [1.29, 1.82) is 0 Å². The molecule has 0 aliphatic rings. The lowest BCUT2D eigenvalue weighted by atomic mass is 10.1. The van der Waals surface area contributed by atoms with Crippen molar-refractivity contribution in [3.8, 4) is 0 Å². The molecule has 0 saturated heterocycles. The number of aromatic nitrogens is 3. The van der Waals surface area contributed by atoms with Gasteiger partial charge < -0.3 is 0 Å². The highest BCUT2D eigenvalue weighted by molar-refractivity contribution is 6.28. The first kappa shape index (κ1) is 11.9. The number of rotatable bonds is 4. The topological polar surface area (TPSA) is 30.7 Å². The molecule has 0 aliphatic carbocycles. The second-order valence-corrected chi connectivity index (χ2v) is 4.24. The Bertz CT molecular complexity index is 531. The fourth-order valence-electron chi connectivity index (χ4n) is 1.72. The Morgan fingerprint density at radius 1 is 1.41 bits per heavy atom. The molecule has 2 rings (SSSR count). The molecule has 0 spiro atoms. The van der Waals surface area contributed by atoms with Crippen LogP contribution >= 0.6 is 11.6 Å². The third kappa shape index (κ3) is 2.94. The Kier molecular flexibility index (Phi) is 3.59. The lowest BCUT2D eigenvalue weighted by Gasteiger charge is -2.04. The minimum absolute atomic E-state index is 0.427. The molecule has 1 aromatic carbocycles. The quantitative estimate of drug-likeness (QED) is 0.778. The minimum Gasteiger partial charge on any atom is -0.232 e. The van der Waals surface area contributed by atoms with E-state index >= 15 is 0 Å². The molecular formula is C13H14ClN3. The summed E-state index contributed by atoms with van der Waals surface area (Å²) in [5, 5.41) is 4.66. The summed E-state index contributed by atoms with van der Waals surface area (Å²) < 4.78 is 1.70. The molecule has 0 atom stereocenters. The first-order valence-corrected chi connectivity index (χ1v) is 5.82. The fraction of sp³-hybridized carbons (Fsp3) is 0.231. The number of allylic oxidation sites excluding steroid dienone is 1.